The van der Waals surface area contributed by atoms with Crippen molar-refractivity contribution in [1.82, 2.24) is 4.98 Å². The number of rotatable bonds is 1. The Balaban J connectivity index is 3.25. The first kappa shape index (κ1) is 9.00. The van der Waals surface area contributed by atoms with E-state index in [2.05, 4.69) is 9.72 Å². The number of aromatic hydroxyl groups is 1. The fourth-order valence-electron chi connectivity index (χ4n) is 0.810. The van der Waals surface area contributed by atoms with Crippen molar-refractivity contribution < 1.29 is 14.6 Å². The predicted molar refractivity (Wildman–Crippen MR) is 42.0 cm³/mol. The van der Waals surface area contributed by atoms with E-state index < -0.39 is 11.7 Å². The number of carbonyl (C=O) groups excluding carboxylic acids is 1. The highest BCUT2D eigenvalue weighted by Gasteiger charge is 2.14. The Labute approximate surface area is 74.2 Å². The van der Waals surface area contributed by atoms with Gasteiger partial charge in [0.1, 0.15) is 11.6 Å². The molecule has 66 valence electrons. The van der Waals surface area contributed by atoms with Crippen molar-refractivity contribution in [3.05, 3.63) is 23.5 Å². The van der Waals surface area contributed by atoms with E-state index in [0.29, 0.717) is 0 Å². The van der Waals surface area contributed by atoms with Gasteiger partial charge in [0, 0.05) is 6.20 Å². The molecule has 1 aromatic rings. The standard InChI is InChI=1S/C8H6N2O3/c1-13-8(12)5-2-3-10-6(4-9)7(5)11/h2-3,11H,1H3. The normalized spacial score (nSPS) is 8.92. The molecule has 1 aromatic heterocycles. The van der Waals surface area contributed by atoms with E-state index in [1.807, 2.05) is 0 Å². The van der Waals surface area contributed by atoms with Gasteiger partial charge in [-0.3, -0.25) is 0 Å². The van der Waals surface area contributed by atoms with E-state index in [0.717, 1.165) is 0 Å². The second-order valence-electron chi connectivity index (χ2n) is 2.16. The molecule has 0 aliphatic heterocycles. The van der Waals surface area contributed by atoms with Crippen LogP contribution in [0.1, 0.15) is 16.1 Å². The maximum absolute atomic E-state index is 11.0. The lowest BCUT2D eigenvalue weighted by molar-refractivity contribution is 0.0597. The topological polar surface area (TPSA) is 83.2 Å². The molecule has 5 heteroatoms. The Kier molecular flexibility index (Phi) is 2.45. The Bertz CT molecular complexity index is 381. The molecular weight excluding hydrogens is 172 g/mol. The molecule has 0 aromatic carbocycles. The van der Waals surface area contributed by atoms with Crippen LogP contribution in [0.25, 0.3) is 0 Å². The SMILES string of the molecule is COC(=O)c1ccnc(C#N)c1O. The lowest BCUT2D eigenvalue weighted by atomic mass is 10.2. The van der Waals surface area contributed by atoms with E-state index in [4.69, 9.17) is 5.26 Å². The van der Waals surface area contributed by atoms with Crippen molar-refractivity contribution in [1.29, 1.82) is 5.26 Å². The smallest absolute Gasteiger partial charge is 0.341 e. The van der Waals surface area contributed by atoms with Crippen molar-refractivity contribution in [3.63, 3.8) is 0 Å². The molecule has 0 aliphatic rings. The largest absolute Gasteiger partial charge is 0.504 e. The number of ether oxygens (including phenoxy) is 1. The average molecular weight is 178 g/mol. The van der Waals surface area contributed by atoms with Crippen LogP contribution in [-0.2, 0) is 4.74 Å². The van der Waals surface area contributed by atoms with Crippen molar-refractivity contribution in [2.75, 3.05) is 7.11 Å². The fourth-order valence-corrected chi connectivity index (χ4v) is 0.810. The number of esters is 1. The summed E-state index contributed by atoms with van der Waals surface area (Å²) in [6, 6.07) is 2.93. The van der Waals surface area contributed by atoms with Gasteiger partial charge in [0.2, 0.25) is 0 Å². The Hall–Kier alpha value is -2.09. The van der Waals surface area contributed by atoms with Crippen LogP contribution in [-0.4, -0.2) is 23.2 Å². The molecule has 0 atom stereocenters. The van der Waals surface area contributed by atoms with Gasteiger partial charge < -0.3 is 9.84 Å². The maximum Gasteiger partial charge on any atom is 0.341 e. The second-order valence-corrected chi connectivity index (χ2v) is 2.16. The first-order valence-electron chi connectivity index (χ1n) is 3.37. The van der Waals surface area contributed by atoms with E-state index in [-0.39, 0.29) is 11.3 Å². The highest BCUT2D eigenvalue weighted by atomic mass is 16.5. The molecule has 0 saturated heterocycles. The summed E-state index contributed by atoms with van der Waals surface area (Å²) in [6.45, 7) is 0. The first-order chi connectivity index (χ1) is 6.20. The number of nitriles is 1. The minimum Gasteiger partial charge on any atom is -0.504 e. The summed E-state index contributed by atoms with van der Waals surface area (Å²) in [5.74, 6) is -1.15. The van der Waals surface area contributed by atoms with Crippen LogP contribution < -0.4 is 0 Å². The molecule has 1 N–H and O–H groups in total. The third kappa shape index (κ3) is 1.56. The van der Waals surface area contributed by atoms with Crippen LogP contribution in [0.4, 0.5) is 0 Å². The molecule has 1 heterocycles. The highest BCUT2D eigenvalue weighted by Crippen LogP contribution is 2.19. The molecule has 0 amide bonds. The van der Waals surface area contributed by atoms with Gasteiger partial charge in [0.15, 0.2) is 11.4 Å². The molecule has 0 saturated carbocycles. The number of carbonyl (C=O) groups is 1. The van der Waals surface area contributed by atoms with Crippen LogP contribution in [0, 0.1) is 11.3 Å². The van der Waals surface area contributed by atoms with Crippen molar-refractivity contribution in [2.24, 2.45) is 0 Å². The van der Waals surface area contributed by atoms with Gasteiger partial charge in [-0.25, -0.2) is 9.78 Å². The van der Waals surface area contributed by atoms with Crippen LogP contribution in [0.15, 0.2) is 12.3 Å². The number of nitrogens with zero attached hydrogens (tertiary/aromatic N) is 2. The molecule has 0 spiro atoms. The van der Waals surface area contributed by atoms with Crippen molar-refractivity contribution in [3.8, 4) is 11.8 Å². The summed E-state index contributed by atoms with van der Waals surface area (Å²) in [5, 5.41) is 17.8. The Morgan fingerprint density at radius 3 is 3.00 bits per heavy atom. The van der Waals surface area contributed by atoms with E-state index in [9.17, 15) is 9.90 Å². The summed E-state index contributed by atoms with van der Waals surface area (Å²) in [7, 11) is 1.19. The van der Waals surface area contributed by atoms with Crippen molar-refractivity contribution >= 4 is 5.97 Å². The average Bonchev–Trinajstić information content (AvgIpc) is 2.17. The summed E-state index contributed by atoms with van der Waals surface area (Å²) in [5.41, 5.74) is -0.253. The number of methoxy groups -OCH3 is 1. The third-order valence-electron chi connectivity index (χ3n) is 1.44. The van der Waals surface area contributed by atoms with Crippen LogP contribution in [0.3, 0.4) is 0 Å². The first-order valence-corrected chi connectivity index (χ1v) is 3.37. The summed E-state index contributed by atoms with van der Waals surface area (Å²) >= 11 is 0. The minimum atomic E-state index is -0.698. The van der Waals surface area contributed by atoms with E-state index >= 15 is 0 Å². The van der Waals surface area contributed by atoms with Crippen LogP contribution in [0.5, 0.6) is 5.75 Å². The second kappa shape index (κ2) is 3.54. The number of pyridine rings is 1. The minimum absolute atomic E-state index is 0.0611. The highest BCUT2D eigenvalue weighted by molar-refractivity contribution is 5.92. The third-order valence-corrected chi connectivity index (χ3v) is 1.44. The van der Waals surface area contributed by atoms with Gasteiger partial charge in [-0.15, -0.1) is 0 Å². The zero-order chi connectivity index (χ0) is 9.84. The molecule has 1 rings (SSSR count). The van der Waals surface area contributed by atoms with Crippen LogP contribution in [0.2, 0.25) is 0 Å². The molecule has 0 fully saturated rings. The zero-order valence-electron chi connectivity index (χ0n) is 6.81. The van der Waals surface area contributed by atoms with Gasteiger partial charge in [-0.2, -0.15) is 5.26 Å². The summed E-state index contributed by atoms with van der Waals surface area (Å²) in [4.78, 5) is 14.5. The molecule has 0 unspecified atom stereocenters. The molecule has 0 bridgehead atoms. The molecule has 5 nitrogen and oxygen atoms in total. The van der Waals surface area contributed by atoms with E-state index in [1.165, 1.54) is 19.4 Å². The lowest BCUT2D eigenvalue weighted by Crippen LogP contribution is -2.02. The Morgan fingerprint density at radius 1 is 1.77 bits per heavy atom. The Morgan fingerprint density at radius 2 is 2.46 bits per heavy atom. The van der Waals surface area contributed by atoms with Crippen molar-refractivity contribution in [2.45, 2.75) is 0 Å². The van der Waals surface area contributed by atoms with Gasteiger partial charge in [0.05, 0.1) is 7.11 Å². The number of hydrogen-bond donors (Lipinski definition) is 1. The fraction of sp³-hybridized carbons (Fsp3) is 0.125. The van der Waals surface area contributed by atoms with Gasteiger partial charge in [-0.1, -0.05) is 0 Å². The van der Waals surface area contributed by atoms with Crippen LogP contribution >= 0.6 is 0 Å². The maximum atomic E-state index is 11.0. The van der Waals surface area contributed by atoms with Gasteiger partial charge >= 0.3 is 5.97 Å². The molecular formula is C8H6N2O3. The van der Waals surface area contributed by atoms with E-state index in [1.54, 1.807) is 6.07 Å². The molecule has 13 heavy (non-hydrogen) atoms. The number of aromatic nitrogens is 1. The van der Waals surface area contributed by atoms with Gasteiger partial charge in [-0.05, 0) is 6.07 Å². The predicted octanol–water partition coefficient (Wildman–Crippen LogP) is 0.445. The molecule has 0 radical (unpaired) electrons. The quantitative estimate of drug-likeness (QED) is 0.631. The molecule has 0 aliphatic carbocycles. The monoisotopic (exact) mass is 178 g/mol. The summed E-state index contributed by atoms with van der Waals surface area (Å²) in [6.07, 6.45) is 1.25. The number of hydrogen-bond acceptors (Lipinski definition) is 5. The summed E-state index contributed by atoms with van der Waals surface area (Å²) < 4.78 is 4.38. The lowest BCUT2D eigenvalue weighted by Gasteiger charge is -2.01. The zero-order valence-corrected chi connectivity index (χ0v) is 6.81. The van der Waals surface area contributed by atoms with Gasteiger partial charge in [0.25, 0.3) is 0 Å².